The number of aromatic nitrogens is 1. The lowest BCUT2D eigenvalue weighted by atomic mass is 10.1. The Kier molecular flexibility index (Phi) is 7.11. The molecule has 2 amide bonds. The minimum atomic E-state index is -4.60. The highest BCUT2D eigenvalue weighted by Crippen LogP contribution is 2.34. The largest absolute Gasteiger partial charge is 0.418 e. The lowest BCUT2D eigenvalue weighted by molar-refractivity contribution is -0.136. The second-order valence-electron chi connectivity index (χ2n) is 6.37. The Morgan fingerprint density at radius 2 is 1.71 bits per heavy atom. The number of alkyl halides is 3. The van der Waals surface area contributed by atoms with Gasteiger partial charge in [0.2, 0.25) is 0 Å². The summed E-state index contributed by atoms with van der Waals surface area (Å²) in [5.41, 5.74) is -1.18. The van der Waals surface area contributed by atoms with Crippen LogP contribution in [-0.2, 0) is 6.18 Å². The van der Waals surface area contributed by atoms with Gasteiger partial charge in [0, 0.05) is 18.9 Å². The fourth-order valence-electron chi connectivity index (χ4n) is 2.42. The van der Waals surface area contributed by atoms with Gasteiger partial charge in [-0.25, -0.2) is 0 Å². The molecule has 0 aliphatic rings. The summed E-state index contributed by atoms with van der Waals surface area (Å²) in [6.07, 6.45) is -1.37. The number of pyridine rings is 1. The number of hydrogen-bond acceptors (Lipinski definition) is 4. The molecule has 0 aliphatic heterocycles. The van der Waals surface area contributed by atoms with E-state index in [9.17, 15) is 22.8 Å². The number of carbonyl (C=O) groups is 2. The van der Waals surface area contributed by atoms with E-state index in [-0.39, 0.29) is 16.8 Å². The Morgan fingerprint density at radius 3 is 2.36 bits per heavy atom. The van der Waals surface area contributed by atoms with E-state index in [2.05, 4.69) is 15.6 Å². The average Bonchev–Trinajstić information content (AvgIpc) is 2.64. The zero-order valence-electron chi connectivity index (χ0n) is 15.5. The second kappa shape index (κ2) is 9.32. The molecule has 0 bridgehead atoms. The number of para-hydroxylation sites is 1. The van der Waals surface area contributed by atoms with Crippen molar-refractivity contribution in [2.45, 2.75) is 12.6 Å². The van der Waals surface area contributed by atoms with Crippen LogP contribution in [0.25, 0.3) is 0 Å². The van der Waals surface area contributed by atoms with Crippen LogP contribution in [0.2, 0.25) is 0 Å². The standard InChI is InChI=1S/C19H21F3N4O2/c1-26(2)9-5-8-24-17(27)13-10-14(12-23-11-13)18(28)25-16-7-4-3-6-15(16)19(20,21)22/h3-4,6-7,10-12H,5,8-9H2,1-2H3,(H,24,27)(H,25,28). The van der Waals surface area contributed by atoms with Crippen LogP contribution in [-0.4, -0.2) is 48.9 Å². The van der Waals surface area contributed by atoms with E-state index < -0.39 is 23.6 Å². The lowest BCUT2D eigenvalue weighted by Gasteiger charge is -2.13. The molecule has 6 nitrogen and oxygen atoms in total. The van der Waals surface area contributed by atoms with E-state index in [0.717, 1.165) is 25.1 Å². The molecule has 1 aromatic heterocycles. The molecule has 0 aliphatic carbocycles. The van der Waals surface area contributed by atoms with E-state index >= 15 is 0 Å². The van der Waals surface area contributed by atoms with Gasteiger partial charge in [0.05, 0.1) is 22.4 Å². The summed E-state index contributed by atoms with van der Waals surface area (Å²) in [6.45, 7) is 1.26. The van der Waals surface area contributed by atoms with Crippen molar-refractivity contribution in [1.29, 1.82) is 0 Å². The molecule has 28 heavy (non-hydrogen) atoms. The van der Waals surface area contributed by atoms with Gasteiger partial charge in [0.1, 0.15) is 0 Å². The van der Waals surface area contributed by atoms with Crippen LogP contribution in [0.1, 0.15) is 32.7 Å². The van der Waals surface area contributed by atoms with Crippen LogP contribution in [0, 0.1) is 0 Å². The first-order chi connectivity index (χ1) is 13.2. The first kappa shape index (κ1) is 21.4. The number of carbonyl (C=O) groups excluding carboxylic acids is 2. The molecule has 0 radical (unpaired) electrons. The number of rotatable bonds is 7. The smallest absolute Gasteiger partial charge is 0.352 e. The number of hydrogen-bond donors (Lipinski definition) is 2. The van der Waals surface area contributed by atoms with Gasteiger partial charge in [-0.15, -0.1) is 0 Å². The first-order valence-electron chi connectivity index (χ1n) is 8.54. The molecule has 1 aromatic carbocycles. The van der Waals surface area contributed by atoms with Crippen LogP contribution in [0.5, 0.6) is 0 Å². The summed E-state index contributed by atoms with van der Waals surface area (Å²) < 4.78 is 39.1. The maximum absolute atomic E-state index is 13.0. The summed E-state index contributed by atoms with van der Waals surface area (Å²) in [5, 5.41) is 4.94. The molecule has 0 unspecified atom stereocenters. The summed E-state index contributed by atoms with van der Waals surface area (Å²) in [7, 11) is 3.84. The molecular formula is C19H21F3N4O2. The average molecular weight is 394 g/mol. The zero-order chi connectivity index (χ0) is 20.7. The molecule has 0 atom stereocenters. The highest BCUT2D eigenvalue weighted by Gasteiger charge is 2.33. The molecule has 0 saturated carbocycles. The minimum absolute atomic E-state index is 0.0158. The van der Waals surface area contributed by atoms with Gasteiger partial charge in [-0.05, 0) is 45.3 Å². The van der Waals surface area contributed by atoms with Crippen molar-refractivity contribution in [3.05, 3.63) is 59.4 Å². The number of anilines is 1. The predicted octanol–water partition coefficient (Wildman–Crippen LogP) is 3.03. The van der Waals surface area contributed by atoms with Crippen LogP contribution in [0.15, 0.2) is 42.7 Å². The van der Waals surface area contributed by atoms with Gasteiger partial charge in [-0.2, -0.15) is 13.2 Å². The summed E-state index contributed by atoms with van der Waals surface area (Å²) in [4.78, 5) is 30.3. The topological polar surface area (TPSA) is 74.3 Å². The van der Waals surface area contributed by atoms with Crippen molar-refractivity contribution in [3.63, 3.8) is 0 Å². The van der Waals surface area contributed by atoms with Gasteiger partial charge in [0.25, 0.3) is 11.8 Å². The molecular weight excluding hydrogens is 373 g/mol. The number of benzene rings is 1. The van der Waals surface area contributed by atoms with E-state index in [1.165, 1.54) is 30.6 Å². The fourth-order valence-corrected chi connectivity index (χ4v) is 2.42. The monoisotopic (exact) mass is 394 g/mol. The second-order valence-corrected chi connectivity index (χ2v) is 6.37. The third kappa shape index (κ3) is 6.05. The molecule has 2 N–H and O–H groups in total. The summed E-state index contributed by atoms with van der Waals surface area (Å²) >= 11 is 0. The molecule has 2 rings (SSSR count). The lowest BCUT2D eigenvalue weighted by Crippen LogP contribution is -2.27. The van der Waals surface area contributed by atoms with Gasteiger partial charge in [0.15, 0.2) is 0 Å². The Labute approximate surface area is 160 Å². The fraction of sp³-hybridized carbons (Fsp3) is 0.316. The van der Waals surface area contributed by atoms with Crippen molar-refractivity contribution in [2.24, 2.45) is 0 Å². The molecule has 150 valence electrons. The number of nitrogens with one attached hydrogen (secondary N) is 2. The number of nitrogens with zero attached hydrogens (tertiary/aromatic N) is 2. The van der Waals surface area contributed by atoms with Crippen molar-refractivity contribution < 1.29 is 22.8 Å². The normalized spacial score (nSPS) is 11.4. The van der Waals surface area contributed by atoms with Crippen molar-refractivity contribution >= 4 is 17.5 Å². The summed E-state index contributed by atoms with van der Waals surface area (Å²) in [6, 6.07) is 5.96. The van der Waals surface area contributed by atoms with Gasteiger partial charge >= 0.3 is 6.18 Å². The maximum Gasteiger partial charge on any atom is 0.418 e. The van der Waals surface area contributed by atoms with Crippen molar-refractivity contribution in [1.82, 2.24) is 15.2 Å². The zero-order valence-corrected chi connectivity index (χ0v) is 15.5. The quantitative estimate of drug-likeness (QED) is 0.708. The predicted molar refractivity (Wildman–Crippen MR) is 99.1 cm³/mol. The minimum Gasteiger partial charge on any atom is -0.352 e. The SMILES string of the molecule is CN(C)CCCNC(=O)c1cncc(C(=O)Nc2ccccc2C(F)(F)F)c1. The van der Waals surface area contributed by atoms with Crippen molar-refractivity contribution in [3.8, 4) is 0 Å². The maximum atomic E-state index is 13.0. The van der Waals surface area contributed by atoms with Crippen LogP contribution < -0.4 is 10.6 Å². The molecule has 0 saturated heterocycles. The highest BCUT2D eigenvalue weighted by atomic mass is 19.4. The Morgan fingerprint density at radius 1 is 1.07 bits per heavy atom. The van der Waals surface area contributed by atoms with Gasteiger partial charge in [-0.3, -0.25) is 14.6 Å². The first-order valence-corrected chi connectivity index (χ1v) is 8.54. The van der Waals surface area contributed by atoms with E-state index in [4.69, 9.17) is 0 Å². The molecule has 1 heterocycles. The Balaban J connectivity index is 2.08. The van der Waals surface area contributed by atoms with E-state index in [1.807, 2.05) is 19.0 Å². The summed E-state index contributed by atoms with van der Waals surface area (Å²) in [5.74, 6) is -1.19. The molecule has 0 fully saturated rings. The van der Waals surface area contributed by atoms with Crippen LogP contribution in [0.4, 0.5) is 18.9 Å². The third-order valence-electron chi connectivity index (χ3n) is 3.81. The third-order valence-corrected chi connectivity index (χ3v) is 3.81. The van der Waals surface area contributed by atoms with Crippen LogP contribution >= 0.6 is 0 Å². The number of amides is 2. The number of halogens is 3. The van der Waals surface area contributed by atoms with Gasteiger partial charge < -0.3 is 15.5 Å². The Hall–Kier alpha value is -2.94. The van der Waals surface area contributed by atoms with E-state index in [0.29, 0.717) is 6.54 Å². The van der Waals surface area contributed by atoms with E-state index in [1.54, 1.807) is 0 Å². The molecule has 0 spiro atoms. The van der Waals surface area contributed by atoms with Crippen LogP contribution in [0.3, 0.4) is 0 Å². The van der Waals surface area contributed by atoms with Crippen molar-refractivity contribution in [2.75, 3.05) is 32.5 Å². The molecule has 9 heteroatoms. The molecule has 2 aromatic rings. The highest BCUT2D eigenvalue weighted by molar-refractivity contribution is 6.06. The Bertz CT molecular complexity index is 838. The van der Waals surface area contributed by atoms with Gasteiger partial charge in [-0.1, -0.05) is 12.1 Å².